The van der Waals surface area contributed by atoms with Crippen LogP contribution in [0.15, 0.2) is 36.8 Å². The first-order valence-electron chi connectivity index (χ1n) is 8.83. The number of unbranched alkanes of at least 4 members (excludes halogenated alkanes) is 1. The van der Waals surface area contributed by atoms with Gasteiger partial charge in [-0.25, -0.2) is 4.79 Å². The molecule has 0 unspecified atom stereocenters. The molecule has 25 heavy (non-hydrogen) atoms. The summed E-state index contributed by atoms with van der Waals surface area (Å²) >= 11 is 0. The molecule has 0 radical (unpaired) electrons. The van der Waals surface area contributed by atoms with Crippen LogP contribution >= 0.6 is 0 Å². The van der Waals surface area contributed by atoms with Crippen LogP contribution in [-0.4, -0.2) is 40.6 Å². The third-order valence-corrected chi connectivity index (χ3v) is 3.65. The predicted octanol–water partition coefficient (Wildman–Crippen LogP) is 2.85. The SMILES string of the molecule is CCCCOCCCNC(=O)Nc1ccn(CCc2ccncc2)n1. The second kappa shape index (κ2) is 11.2. The number of hydrogen-bond donors (Lipinski definition) is 2. The number of carbonyl (C=O) groups is 1. The Kier molecular flexibility index (Phi) is 8.48. The lowest BCUT2D eigenvalue weighted by Gasteiger charge is -2.06. The number of pyridine rings is 1. The number of carbonyl (C=O) groups excluding carboxylic acids is 1. The molecular weight excluding hydrogens is 318 g/mol. The van der Waals surface area contributed by atoms with E-state index >= 15 is 0 Å². The van der Waals surface area contributed by atoms with Crippen molar-refractivity contribution in [1.82, 2.24) is 20.1 Å². The van der Waals surface area contributed by atoms with Gasteiger partial charge in [0.05, 0.1) is 0 Å². The quantitative estimate of drug-likeness (QED) is 0.614. The zero-order chi connectivity index (χ0) is 17.7. The summed E-state index contributed by atoms with van der Waals surface area (Å²) in [6.45, 7) is 4.93. The second-order valence-corrected chi connectivity index (χ2v) is 5.77. The average Bonchev–Trinajstić information content (AvgIpc) is 3.07. The van der Waals surface area contributed by atoms with Gasteiger partial charge in [-0.1, -0.05) is 13.3 Å². The number of nitrogens with zero attached hydrogens (tertiary/aromatic N) is 3. The average molecular weight is 345 g/mol. The molecule has 0 bridgehead atoms. The molecule has 7 nitrogen and oxygen atoms in total. The number of anilines is 1. The van der Waals surface area contributed by atoms with Crippen LogP contribution in [0.4, 0.5) is 10.6 Å². The van der Waals surface area contributed by atoms with Crippen LogP contribution in [0, 0.1) is 0 Å². The summed E-state index contributed by atoms with van der Waals surface area (Å²) in [7, 11) is 0. The lowest BCUT2D eigenvalue weighted by Crippen LogP contribution is -2.30. The van der Waals surface area contributed by atoms with Gasteiger partial charge in [0.25, 0.3) is 0 Å². The molecule has 2 amide bonds. The highest BCUT2D eigenvalue weighted by Crippen LogP contribution is 2.05. The fourth-order valence-corrected chi connectivity index (χ4v) is 2.23. The number of amides is 2. The fraction of sp³-hybridized carbons (Fsp3) is 0.500. The van der Waals surface area contributed by atoms with Gasteiger partial charge in [0, 0.05) is 51.0 Å². The highest BCUT2D eigenvalue weighted by Gasteiger charge is 2.04. The molecule has 0 aliphatic heterocycles. The van der Waals surface area contributed by atoms with E-state index in [9.17, 15) is 4.79 Å². The molecule has 2 aromatic heterocycles. The van der Waals surface area contributed by atoms with E-state index in [0.29, 0.717) is 19.0 Å². The van der Waals surface area contributed by atoms with Gasteiger partial charge in [-0.3, -0.25) is 15.0 Å². The summed E-state index contributed by atoms with van der Waals surface area (Å²) in [6, 6.07) is 5.53. The van der Waals surface area contributed by atoms with Crippen LogP contribution in [0.1, 0.15) is 31.7 Å². The third-order valence-electron chi connectivity index (χ3n) is 3.65. The molecule has 0 atom stereocenters. The number of aryl methyl sites for hydroxylation is 2. The maximum atomic E-state index is 11.8. The molecule has 2 heterocycles. The fourth-order valence-electron chi connectivity index (χ4n) is 2.23. The normalized spacial score (nSPS) is 10.6. The smallest absolute Gasteiger partial charge is 0.320 e. The Labute approximate surface area is 148 Å². The van der Waals surface area contributed by atoms with Crippen LogP contribution < -0.4 is 10.6 Å². The van der Waals surface area contributed by atoms with Crippen molar-refractivity contribution in [3.63, 3.8) is 0 Å². The molecule has 0 spiro atoms. The van der Waals surface area contributed by atoms with Gasteiger partial charge < -0.3 is 10.1 Å². The molecule has 0 aromatic carbocycles. The van der Waals surface area contributed by atoms with Crippen molar-refractivity contribution >= 4 is 11.8 Å². The summed E-state index contributed by atoms with van der Waals surface area (Å²) in [6.07, 6.45) is 9.31. The summed E-state index contributed by atoms with van der Waals surface area (Å²) in [5, 5.41) is 9.89. The number of rotatable bonds is 11. The van der Waals surface area contributed by atoms with E-state index in [1.54, 1.807) is 18.5 Å². The van der Waals surface area contributed by atoms with Crippen LogP contribution in [0.2, 0.25) is 0 Å². The number of nitrogens with one attached hydrogen (secondary N) is 2. The van der Waals surface area contributed by atoms with Gasteiger partial charge in [-0.2, -0.15) is 5.10 Å². The van der Waals surface area contributed by atoms with Crippen LogP contribution in [0.5, 0.6) is 0 Å². The molecule has 0 saturated carbocycles. The zero-order valence-corrected chi connectivity index (χ0v) is 14.8. The van der Waals surface area contributed by atoms with Crippen molar-refractivity contribution in [3.8, 4) is 0 Å². The largest absolute Gasteiger partial charge is 0.381 e. The molecular formula is C18H27N5O2. The van der Waals surface area contributed by atoms with Crippen molar-refractivity contribution in [2.75, 3.05) is 25.1 Å². The van der Waals surface area contributed by atoms with E-state index in [4.69, 9.17) is 4.74 Å². The van der Waals surface area contributed by atoms with Gasteiger partial charge in [0.15, 0.2) is 5.82 Å². The Balaban J connectivity index is 1.60. The Bertz CT molecular complexity index is 615. The van der Waals surface area contributed by atoms with Crippen LogP contribution in [-0.2, 0) is 17.7 Å². The van der Waals surface area contributed by atoms with Crippen molar-refractivity contribution in [3.05, 3.63) is 42.4 Å². The minimum absolute atomic E-state index is 0.243. The maximum Gasteiger partial charge on any atom is 0.320 e. The van der Waals surface area contributed by atoms with E-state index in [-0.39, 0.29) is 6.03 Å². The lowest BCUT2D eigenvalue weighted by molar-refractivity contribution is 0.129. The predicted molar refractivity (Wildman–Crippen MR) is 97.5 cm³/mol. The summed E-state index contributed by atoms with van der Waals surface area (Å²) in [5.74, 6) is 0.548. The van der Waals surface area contributed by atoms with Crippen molar-refractivity contribution in [2.45, 2.75) is 39.2 Å². The number of ether oxygens (including phenoxy) is 1. The monoisotopic (exact) mass is 345 g/mol. The van der Waals surface area contributed by atoms with Gasteiger partial charge >= 0.3 is 6.03 Å². The maximum absolute atomic E-state index is 11.8. The minimum Gasteiger partial charge on any atom is -0.381 e. The molecule has 0 saturated heterocycles. The molecule has 2 aromatic rings. The van der Waals surface area contributed by atoms with Gasteiger partial charge in [-0.15, -0.1) is 0 Å². The van der Waals surface area contributed by atoms with Gasteiger partial charge in [0.1, 0.15) is 0 Å². The first-order chi connectivity index (χ1) is 12.3. The molecule has 2 N–H and O–H groups in total. The Morgan fingerprint density at radius 1 is 1.20 bits per heavy atom. The highest BCUT2D eigenvalue weighted by atomic mass is 16.5. The first-order valence-corrected chi connectivity index (χ1v) is 8.83. The second-order valence-electron chi connectivity index (χ2n) is 5.77. The molecule has 0 aliphatic carbocycles. The standard InChI is InChI=1S/C18H27N5O2/c1-2-3-14-25-15-4-9-20-18(24)21-17-8-13-23(22-17)12-7-16-5-10-19-11-6-16/h5-6,8,10-11,13H,2-4,7,9,12,14-15H2,1H3,(H2,20,21,22,24). The summed E-state index contributed by atoms with van der Waals surface area (Å²) < 4.78 is 7.27. The molecule has 0 fully saturated rings. The third kappa shape index (κ3) is 7.80. The Morgan fingerprint density at radius 2 is 2.00 bits per heavy atom. The van der Waals surface area contributed by atoms with Crippen molar-refractivity contribution < 1.29 is 9.53 Å². The zero-order valence-electron chi connectivity index (χ0n) is 14.8. The number of urea groups is 1. The van der Waals surface area contributed by atoms with Crippen LogP contribution in [0.25, 0.3) is 0 Å². The van der Waals surface area contributed by atoms with Crippen molar-refractivity contribution in [1.29, 1.82) is 0 Å². The Morgan fingerprint density at radius 3 is 2.80 bits per heavy atom. The van der Waals surface area contributed by atoms with Gasteiger partial charge in [0.2, 0.25) is 0 Å². The van der Waals surface area contributed by atoms with Gasteiger partial charge in [-0.05, 0) is 37.0 Å². The Hall–Kier alpha value is -2.41. The molecule has 2 rings (SSSR count). The van der Waals surface area contributed by atoms with E-state index in [1.807, 2.05) is 23.0 Å². The first kappa shape index (κ1) is 18.9. The topological polar surface area (TPSA) is 81.1 Å². The van der Waals surface area contributed by atoms with E-state index in [1.165, 1.54) is 5.56 Å². The molecule has 136 valence electrons. The van der Waals surface area contributed by atoms with Crippen LogP contribution in [0.3, 0.4) is 0 Å². The summed E-state index contributed by atoms with van der Waals surface area (Å²) in [4.78, 5) is 15.8. The van der Waals surface area contributed by atoms with E-state index < -0.39 is 0 Å². The number of aromatic nitrogens is 3. The molecule has 7 heteroatoms. The summed E-state index contributed by atoms with van der Waals surface area (Å²) in [5.41, 5.74) is 1.21. The van der Waals surface area contributed by atoms with Crippen molar-refractivity contribution in [2.24, 2.45) is 0 Å². The van der Waals surface area contributed by atoms with E-state index in [2.05, 4.69) is 27.6 Å². The highest BCUT2D eigenvalue weighted by molar-refractivity contribution is 5.88. The number of hydrogen-bond acceptors (Lipinski definition) is 4. The molecule has 0 aliphatic rings. The lowest BCUT2D eigenvalue weighted by atomic mass is 10.2. The van der Waals surface area contributed by atoms with E-state index in [0.717, 1.165) is 38.8 Å². The minimum atomic E-state index is -0.243.